The number of carbonyl (C=O) groups is 1. The van der Waals surface area contributed by atoms with Gasteiger partial charge in [-0.1, -0.05) is 47.9 Å². The van der Waals surface area contributed by atoms with Gasteiger partial charge < -0.3 is 4.98 Å². The lowest BCUT2D eigenvalue weighted by Gasteiger charge is -2.15. The van der Waals surface area contributed by atoms with Crippen LogP contribution < -0.4 is 16.1 Å². The van der Waals surface area contributed by atoms with Crippen molar-refractivity contribution in [1.82, 2.24) is 15.0 Å². The molecule has 0 bridgehead atoms. The van der Waals surface area contributed by atoms with Gasteiger partial charge in [-0.15, -0.1) is 6.42 Å². The maximum absolute atomic E-state index is 13.5. The number of H-pyrrole nitrogens is 3. The van der Waals surface area contributed by atoms with Crippen molar-refractivity contribution in [3.05, 3.63) is 85.5 Å². The van der Waals surface area contributed by atoms with Crippen LogP contribution in [0.5, 0.6) is 0 Å². The Kier molecular flexibility index (Phi) is 4.31. The zero-order valence-electron chi connectivity index (χ0n) is 16.0. The number of nitrogens with one attached hydrogen (secondary N) is 3. The smallest absolute Gasteiger partial charge is 0.327 e. The van der Waals surface area contributed by atoms with E-state index in [1.165, 1.54) is 4.90 Å². The summed E-state index contributed by atoms with van der Waals surface area (Å²) in [7, 11) is 0. The maximum atomic E-state index is 13.5. The summed E-state index contributed by atoms with van der Waals surface area (Å²) in [6.07, 6.45) is 5.50. The number of halogens is 1. The van der Waals surface area contributed by atoms with Crippen LogP contribution in [0, 0.1) is 12.3 Å². The number of hydrogen-bond donors (Lipinski definition) is 3. The van der Waals surface area contributed by atoms with Crippen molar-refractivity contribution < 1.29 is 4.79 Å². The van der Waals surface area contributed by atoms with Crippen molar-refractivity contribution in [2.24, 2.45) is 0 Å². The Morgan fingerprint density at radius 3 is 2.48 bits per heavy atom. The van der Waals surface area contributed by atoms with Crippen LogP contribution in [-0.4, -0.2) is 27.4 Å². The molecule has 0 saturated heterocycles. The number of benzene rings is 2. The zero-order chi connectivity index (χ0) is 21.7. The lowest BCUT2D eigenvalue weighted by Crippen LogP contribution is -2.30. The van der Waals surface area contributed by atoms with Crippen LogP contribution in [0.3, 0.4) is 0 Å². The Bertz CT molecular complexity index is 1510. The Hall–Kier alpha value is -4.02. The van der Waals surface area contributed by atoms with E-state index in [4.69, 9.17) is 18.0 Å². The highest BCUT2D eigenvalue weighted by Crippen LogP contribution is 2.45. The van der Waals surface area contributed by atoms with Gasteiger partial charge in [-0.3, -0.25) is 24.5 Å². The topological polar surface area (TPSA) is 102 Å². The van der Waals surface area contributed by atoms with Crippen LogP contribution in [0.1, 0.15) is 17.0 Å². The molecule has 0 radical (unpaired) electrons. The van der Waals surface area contributed by atoms with Gasteiger partial charge in [0.05, 0.1) is 23.5 Å². The summed E-state index contributed by atoms with van der Waals surface area (Å²) in [5, 5.41) is 0.774. The van der Waals surface area contributed by atoms with Crippen LogP contribution in [0.25, 0.3) is 22.3 Å². The predicted octanol–water partition coefficient (Wildman–Crippen LogP) is 2.98. The highest BCUT2D eigenvalue weighted by Gasteiger charge is 2.41. The van der Waals surface area contributed by atoms with Gasteiger partial charge in [0.25, 0.3) is 5.56 Å². The Labute approximate surface area is 180 Å². The number of carbonyl (C=O) groups excluding carboxylic acids is 1. The van der Waals surface area contributed by atoms with Gasteiger partial charge in [0.1, 0.15) is 5.65 Å². The third-order valence-corrected chi connectivity index (χ3v) is 5.71. The van der Waals surface area contributed by atoms with Gasteiger partial charge in [0.2, 0.25) is 5.91 Å². The van der Waals surface area contributed by atoms with E-state index in [0.29, 0.717) is 22.0 Å². The Morgan fingerprint density at radius 2 is 1.74 bits per heavy atom. The monoisotopic (exact) mass is 430 g/mol. The molecular weight excluding hydrogens is 416 g/mol. The Morgan fingerprint density at radius 1 is 1.00 bits per heavy atom. The van der Waals surface area contributed by atoms with Crippen molar-refractivity contribution >= 4 is 34.2 Å². The second-order valence-corrected chi connectivity index (χ2v) is 7.64. The summed E-state index contributed by atoms with van der Waals surface area (Å²) >= 11 is 6.04. The van der Waals surface area contributed by atoms with Gasteiger partial charge in [-0.2, -0.15) is 0 Å². The number of rotatable bonds is 3. The number of para-hydroxylation sites is 1. The number of fused-ring (bicyclic) bond motifs is 2. The number of anilines is 1. The molecule has 0 unspecified atom stereocenters. The summed E-state index contributed by atoms with van der Waals surface area (Å²) in [5.74, 6) is 1.52. The van der Waals surface area contributed by atoms with Crippen molar-refractivity contribution in [3.8, 4) is 23.6 Å². The average molecular weight is 431 g/mol. The highest BCUT2D eigenvalue weighted by atomic mass is 35.5. The Balaban J connectivity index is 1.86. The van der Waals surface area contributed by atoms with Gasteiger partial charge in [-0.05, 0) is 29.3 Å². The third-order valence-electron chi connectivity index (χ3n) is 5.45. The van der Waals surface area contributed by atoms with E-state index in [1.54, 1.807) is 24.3 Å². The molecule has 2 aromatic carbocycles. The first-order chi connectivity index (χ1) is 15.0. The number of nitrogens with zero attached hydrogens (tertiary/aromatic N) is 1. The highest BCUT2D eigenvalue weighted by molar-refractivity contribution is 6.30. The van der Waals surface area contributed by atoms with Crippen molar-refractivity contribution in [3.63, 3.8) is 0 Å². The third kappa shape index (κ3) is 2.88. The molecule has 7 nitrogen and oxygen atoms in total. The molecule has 1 aliphatic rings. The van der Waals surface area contributed by atoms with E-state index < -0.39 is 17.2 Å². The summed E-state index contributed by atoms with van der Waals surface area (Å²) in [4.78, 5) is 47.8. The van der Waals surface area contributed by atoms with Gasteiger partial charge >= 0.3 is 5.69 Å². The minimum absolute atomic E-state index is 0.109. The first kappa shape index (κ1) is 19.0. The van der Waals surface area contributed by atoms with Crippen LogP contribution in [-0.2, 0) is 4.79 Å². The van der Waals surface area contributed by atoms with Crippen LogP contribution in [0.2, 0.25) is 5.02 Å². The normalized spacial score (nSPS) is 15.3. The minimum Gasteiger partial charge on any atom is -0.340 e. The second-order valence-electron chi connectivity index (χ2n) is 7.20. The lowest BCUT2D eigenvalue weighted by atomic mass is 9.89. The summed E-state index contributed by atoms with van der Waals surface area (Å²) in [6.45, 7) is 0.109. The molecule has 0 fully saturated rings. The molecule has 3 heterocycles. The molecule has 0 spiro atoms. The molecule has 4 aromatic rings. The standard InChI is InChI=1S/C23H15ClN4O3/c1-2-11-28-15-6-4-3-5-14(15)16(22(28)30)17-18-20(26-23(31)27-21(18)29)25-19(17)12-7-9-13(24)10-8-12/h1,3-10,16H,11H2,(H3,25,26,27,29,31)/t16-/m0/s1. The number of aromatic amines is 3. The van der Waals surface area contributed by atoms with E-state index in [0.717, 1.165) is 11.1 Å². The fourth-order valence-electron chi connectivity index (χ4n) is 4.21. The number of hydrogen-bond acceptors (Lipinski definition) is 3. The molecule has 5 rings (SSSR count). The molecule has 2 aromatic heterocycles. The summed E-state index contributed by atoms with van der Waals surface area (Å²) in [6, 6.07) is 14.3. The molecular formula is C23H15ClN4O3. The van der Waals surface area contributed by atoms with Gasteiger partial charge in [0, 0.05) is 16.3 Å². The molecule has 3 N–H and O–H groups in total. The summed E-state index contributed by atoms with van der Waals surface area (Å²) < 4.78 is 0. The molecule has 31 heavy (non-hydrogen) atoms. The maximum Gasteiger partial charge on any atom is 0.327 e. The first-order valence-electron chi connectivity index (χ1n) is 9.47. The molecule has 152 valence electrons. The van der Waals surface area contributed by atoms with E-state index in [-0.39, 0.29) is 23.5 Å². The van der Waals surface area contributed by atoms with Crippen molar-refractivity contribution in [1.29, 1.82) is 0 Å². The zero-order valence-corrected chi connectivity index (χ0v) is 16.8. The number of aromatic nitrogens is 3. The summed E-state index contributed by atoms with van der Waals surface area (Å²) in [5.41, 5.74) is 2.22. The quantitative estimate of drug-likeness (QED) is 0.435. The first-order valence-corrected chi connectivity index (χ1v) is 9.85. The largest absolute Gasteiger partial charge is 0.340 e. The average Bonchev–Trinajstić information content (AvgIpc) is 3.24. The van der Waals surface area contributed by atoms with E-state index in [9.17, 15) is 14.4 Å². The molecule has 8 heteroatoms. The lowest BCUT2D eigenvalue weighted by molar-refractivity contribution is -0.118. The molecule has 0 aliphatic carbocycles. The SMILES string of the molecule is C#CCN1C(=O)[C@H](c2c(-c3ccc(Cl)cc3)[nH]c3[nH]c(=O)[nH]c(=O)c23)c2ccccc21. The van der Waals surface area contributed by atoms with Gasteiger partial charge in [-0.25, -0.2) is 4.79 Å². The van der Waals surface area contributed by atoms with E-state index >= 15 is 0 Å². The minimum atomic E-state index is -0.768. The molecule has 0 saturated carbocycles. The van der Waals surface area contributed by atoms with Crippen molar-refractivity contribution in [2.45, 2.75) is 5.92 Å². The van der Waals surface area contributed by atoms with Crippen LogP contribution >= 0.6 is 11.6 Å². The fourth-order valence-corrected chi connectivity index (χ4v) is 4.33. The molecule has 1 aliphatic heterocycles. The van der Waals surface area contributed by atoms with E-state index in [1.807, 2.05) is 24.3 Å². The predicted molar refractivity (Wildman–Crippen MR) is 119 cm³/mol. The van der Waals surface area contributed by atoms with Gasteiger partial charge in [0.15, 0.2) is 0 Å². The second kappa shape index (κ2) is 7.04. The molecule has 1 amide bonds. The number of amides is 1. The fraction of sp³-hybridized carbons (Fsp3) is 0.0870. The van der Waals surface area contributed by atoms with E-state index in [2.05, 4.69) is 20.9 Å². The number of terminal acetylenes is 1. The van der Waals surface area contributed by atoms with Crippen molar-refractivity contribution in [2.75, 3.05) is 11.4 Å². The molecule has 1 atom stereocenters. The van der Waals surface area contributed by atoms with Crippen LogP contribution in [0.15, 0.2) is 58.1 Å². The van der Waals surface area contributed by atoms with Crippen LogP contribution in [0.4, 0.5) is 5.69 Å².